The molecule has 0 spiro atoms. The summed E-state index contributed by atoms with van der Waals surface area (Å²) < 4.78 is 17.9. The van der Waals surface area contributed by atoms with Crippen molar-refractivity contribution in [2.24, 2.45) is 5.10 Å². The number of nitrogens with zero attached hydrogens (tertiary/aromatic N) is 1. The van der Waals surface area contributed by atoms with Crippen LogP contribution in [0.3, 0.4) is 0 Å². The van der Waals surface area contributed by atoms with E-state index in [0.29, 0.717) is 0 Å². The number of ether oxygens (including phenoxy) is 1. The van der Waals surface area contributed by atoms with Crippen molar-refractivity contribution in [3.8, 4) is 5.75 Å². The van der Waals surface area contributed by atoms with Gasteiger partial charge in [0.25, 0.3) is 0 Å². The third kappa shape index (κ3) is 4.41. The van der Waals surface area contributed by atoms with Gasteiger partial charge in [0.15, 0.2) is 0 Å². The molecule has 0 unspecified atom stereocenters. The molecule has 2 rings (SSSR count). The predicted octanol–water partition coefficient (Wildman–Crippen LogP) is 2.84. The van der Waals surface area contributed by atoms with Crippen LogP contribution in [0.4, 0.5) is 4.39 Å². The first kappa shape index (κ1) is 15.7. The highest BCUT2D eigenvalue weighted by molar-refractivity contribution is 5.83. The van der Waals surface area contributed by atoms with E-state index in [1.807, 2.05) is 25.1 Å². The molecule has 0 saturated carbocycles. The highest BCUT2D eigenvalue weighted by Crippen LogP contribution is 2.17. The van der Waals surface area contributed by atoms with Crippen molar-refractivity contribution in [1.82, 2.24) is 5.43 Å². The zero-order chi connectivity index (χ0) is 15.9. The Morgan fingerprint density at radius 2 is 2.00 bits per heavy atom. The van der Waals surface area contributed by atoms with Crippen LogP contribution in [0.15, 0.2) is 47.6 Å². The summed E-state index contributed by atoms with van der Waals surface area (Å²) >= 11 is 0. The molecule has 0 aliphatic heterocycles. The Bertz CT molecular complexity index is 682. The summed E-state index contributed by atoms with van der Waals surface area (Å²) in [7, 11) is 1.62. The maximum atomic E-state index is 12.8. The average molecular weight is 300 g/mol. The van der Waals surface area contributed by atoms with Gasteiger partial charge in [0.2, 0.25) is 5.91 Å². The van der Waals surface area contributed by atoms with Crippen molar-refractivity contribution >= 4 is 12.1 Å². The van der Waals surface area contributed by atoms with E-state index in [-0.39, 0.29) is 18.1 Å². The lowest BCUT2D eigenvalue weighted by Crippen LogP contribution is -2.19. The van der Waals surface area contributed by atoms with Crippen LogP contribution in [0.5, 0.6) is 5.75 Å². The van der Waals surface area contributed by atoms with E-state index in [4.69, 9.17) is 4.74 Å². The molecular weight excluding hydrogens is 283 g/mol. The third-order valence-corrected chi connectivity index (χ3v) is 3.10. The SMILES string of the molecule is COc1ccc(/C=N/NC(=O)Cc2ccc(F)cc2)cc1C. The maximum absolute atomic E-state index is 12.8. The van der Waals surface area contributed by atoms with Crippen molar-refractivity contribution in [2.75, 3.05) is 7.11 Å². The van der Waals surface area contributed by atoms with Gasteiger partial charge in [0.05, 0.1) is 19.7 Å². The number of halogens is 1. The molecule has 5 heteroatoms. The van der Waals surface area contributed by atoms with E-state index in [9.17, 15) is 9.18 Å². The van der Waals surface area contributed by atoms with Crippen LogP contribution in [0.1, 0.15) is 16.7 Å². The van der Waals surface area contributed by atoms with E-state index >= 15 is 0 Å². The fourth-order valence-corrected chi connectivity index (χ4v) is 1.99. The van der Waals surface area contributed by atoms with E-state index < -0.39 is 0 Å². The molecule has 0 bridgehead atoms. The molecule has 0 fully saturated rings. The monoisotopic (exact) mass is 300 g/mol. The smallest absolute Gasteiger partial charge is 0.244 e. The highest BCUT2D eigenvalue weighted by atomic mass is 19.1. The number of hydrazone groups is 1. The standard InChI is InChI=1S/C17H17FN2O2/c1-12-9-14(5-8-16(12)22-2)11-19-20-17(21)10-13-3-6-15(18)7-4-13/h3-9,11H,10H2,1-2H3,(H,20,21)/b19-11+. The molecule has 0 aromatic heterocycles. The van der Waals surface area contributed by atoms with Crippen LogP contribution >= 0.6 is 0 Å². The molecule has 1 amide bonds. The molecule has 1 N–H and O–H groups in total. The van der Waals surface area contributed by atoms with E-state index in [0.717, 1.165) is 22.4 Å². The predicted molar refractivity (Wildman–Crippen MR) is 83.6 cm³/mol. The largest absolute Gasteiger partial charge is 0.496 e. The van der Waals surface area contributed by atoms with Crippen LogP contribution in [0.25, 0.3) is 0 Å². The third-order valence-electron chi connectivity index (χ3n) is 3.10. The number of rotatable bonds is 5. The first-order chi connectivity index (χ1) is 10.6. The number of nitrogens with one attached hydrogen (secondary N) is 1. The number of benzene rings is 2. The number of amides is 1. The quantitative estimate of drug-likeness (QED) is 0.682. The second kappa shape index (κ2) is 7.36. The van der Waals surface area contributed by atoms with Gasteiger partial charge < -0.3 is 4.74 Å². The number of aryl methyl sites for hydroxylation is 1. The van der Waals surface area contributed by atoms with Crippen LogP contribution in [-0.2, 0) is 11.2 Å². The molecule has 0 atom stereocenters. The van der Waals surface area contributed by atoms with Gasteiger partial charge in [-0.05, 0) is 53.9 Å². The Labute approximate surface area is 128 Å². The van der Waals surface area contributed by atoms with Crippen molar-refractivity contribution in [1.29, 1.82) is 0 Å². The van der Waals surface area contributed by atoms with Gasteiger partial charge >= 0.3 is 0 Å². The van der Waals surface area contributed by atoms with Crippen LogP contribution in [0, 0.1) is 12.7 Å². The normalized spacial score (nSPS) is 10.7. The highest BCUT2D eigenvalue weighted by Gasteiger charge is 2.02. The maximum Gasteiger partial charge on any atom is 0.244 e. The minimum atomic E-state index is -0.322. The summed E-state index contributed by atoms with van der Waals surface area (Å²) in [6.07, 6.45) is 1.72. The van der Waals surface area contributed by atoms with Gasteiger partial charge in [-0.1, -0.05) is 12.1 Å². The Morgan fingerprint density at radius 3 is 2.64 bits per heavy atom. The number of methoxy groups -OCH3 is 1. The van der Waals surface area contributed by atoms with Crippen LogP contribution in [0.2, 0.25) is 0 Å². The average Bonchev–Trinajstić information content (AvgIpc) is 2.50. The first-order valence-corrected chi connectivity index (χ1v) is 6.79. The van der Waals surface area contributed by atoms with Crippen molar-refractivity contribution < 1.29 is 13.9 Å². The van der Waals surface area contributed by atoms with Gasteiger partial charge in [0.1, 0.15) is 11.6 Å². The van der Waals surface area contributed by atoms with Crippen molar-refractivity contribution in [3.05, 3.63) is 65.0 Å². The second-order valence-corrected chi connectivity index (χ2v) is 4.83. The summed E-state index contributed by atoms with van der Waals surface area (Å²) in [5, 5.41) is 3.91. The number of hydrogen-bond donors (Lipinski definition) is 1. The molecule has 0 saturated heterocycles. The number of carbonyl (C=O) groups is 1. The minimum Gasteiger partial charge on any atom is -0.496 e. The molecule has 2 aromatic rings. The second-order valence-electron chi connectivity index (χ2n) is 4.83. The number of hydrogen-bond acceptors (Lipinski definition) is 3. The Kier molecular flexibility index (Phi) is 5.25. The first-order valence-electron chi connectivity index (χ1n) is 6.79. The van der Waals surface area contributed by atoms with Gasteiger partial charge in [-0.25, -0.2) is 9.82 Å². The van der Waals surface area contributed by atoms with E-state index in [2.05, 4.69) is 10.5 Å². The summed E-state index contributed by atoms with van der Waals surface area (Å²) in [5.74, 6) is 0.225. The lowest BCUT2D eigenvalue weighted by Gasteiger charge is -2.04. The van der Waals surface area contributed by atoms with Crippen molar-refractivity contribution in [2.45, 2.75) is 13.3 Å². The van der Waals surface area contributed by atoms with E-state index in [1.165, 1.54) is 12.1 Å². The van der Waals surface area contributed by atoms with Gasteiger partial charge in [0, 0.05) is 0 Å². The molecule has 0 radical (unpaired) electrons. The molecule has 22 heavy (non-hydrogen) atoms. The zero-order valence-corrected chi connectivity index (χ0v) is 12.5. The lowest BCUT2D eigenvalue weighted by atomic mass is 10.1. The molecule has 0 heterocycles. The zero-order valence-electron chi connectivity index (χ0n) is 12.5. The summed E-state index contributed by atoms with van der Waals surface area (Å²) in [4.78, 5) is 11.7. The minimum absolute atomic E-state index is 0.152. The molecule has 114 valence electrons. The fourth-order valence-electron chi connectivity index (χ4n) is 1.99. The molecule has 2 aromatic carbocycles. The molecule has 4 nitrogen and oxygen atoms in total. The Balaban J connectivity index is 1.90. The molecule has 0 aliphatic carbocycles. The summed E-state index contributed by atoms with van der Waals surface area (Å²) in [5.41, 5.74) is 5.03. The van der Waals surface area contributed by atoms with Gasteiger partial charge in [-0.2, -0.15) is 5.10 Å². The van der Waals surface area contributed by atoms with Crippen molar-refractivity contribution in [3.63, 3.8) is 0 Å². The lowest BCUT2D eigenvalue weighted by molar-refractivity contribution is -0.120. The summed E-state index contributed by atoms with van der Waals surface area (Å²) in [6.45, 7) is 1.93. The van der Waals surface area contributed by atoms with Crippen LogP contribution < -0.4 is 10.2 Å². The molecule has 0 aliphatic rings. The Hall–Kier alpha value is -2.69. The Morgan fingerprint density at radius 1 is 1.27 bits per heavy atom. The summed E-state index contributed by atoms with van der Waals surface area (Å²) in [6, 6.07) is 11.4. The van der Waals surface area contributed by atoms with Gasteiger partial charge in [-0.15, -0.1) is 0 Å². The topological polar surface area (TPSA) is 50.7 Å². The fraction of sp³-hybridized carbons (Fsp3) is 0.176. The number of carbonyl (C=O) groups excluding carboxylic acids is 1. The van der Waals surface area contributed by atoms with Crippen LogP contribution in [-0.4, -0.2) is 19.2 Å². The van der Waals surface area contributed by atoms with E-state index in [1.54, 1.807) is 25.5 Å². The van der Waals surface area contributed by atoms with Gasteiger partial charge in [-0.3, -0.25) is 4.79 Å². The molecular formula is C17H17FN2O2.